The predicted molar refractivity (Wildman–Crippen MR) is 293 cm³/mol. The summed E-state index contributed by atoms with van der Waals surface area (Å²) in [5.74, 6) is -4.88. The monoisotopic (exact) mass is 1170 g/mol. The molecular weight excluding hydrogens is 1080 g/mol. The number of aliphatic hydroxyl groups excluding tert-OH is 2. The molecule has 2 aliphatic carbocycles. The van der Waals surface area contributed by atoms with Crippen LogP contribution in [0.25, 0.3) is 0 Å². The van der Waals surface area contributed by atoms with Gasteiger partial charge in [-0.1, -0.05) is 6.92 Å². The number of rotatable bonds is 15. The van der Waals surface area contributed by atoms with E-state index in [1.165, 1.54) is 0 Å². The molecule has 0 amide bonds. The van der Waals surface area contributed by atoms with Crippen molar-refractivity contribution in [1.82, 2.24) is 9.80 Å². The first-order valence-corrected chi connectivity index (χ1v) is 29.9. The summed E-state index contributed by atoms with van der Waals surface area (Å²) in [6, 6.07) is 1.43. The van der Waals surface area contributed by atoms with Crippen LogP contribution in [0.15, 0.2) is 12.1 Å². The number of ether oxygens (including phenoxy) is 12. The number of aromatic hydroxyl groups is 4. The van der Waals surface area contributed by atoms with E-state index in [0.717, 1.165) is 12.1 Å². The lowest BCUT2D eigenvalue weighted by molar-refractivity contribution is -0.324. The van der Waals surface area contributed by atoms with Gasteiger partial charge in [0.2, 0.25) is 11.6 Å². The number of aliphatic hydroxyl groups is 3. The van der Waals surface area contributed by atoms with Crippen LogP contribution in [0.3, 0.4) is 0 Å². The first kappa shape index (κ1) is 62.4. The maximum absolute atomic E-state index is 14.6. The van der Waals surface area contributed by atoms with Crippen LogP contribution in [-0.4, -0.2) is 214 Å². The number of carbonyl (C=O) groups excluding carboxylic acids is 2. The average Bonchev–Trinajstić information content (AvgIpc) is 3.07. The fourth-order valence-corrected chi connectivity index (χ4v) is 13.7. The summed E-state index contributed by atoms with van der Waals surface area (Å²) in [6.07, 6.45) is -7.42. The summed E-state index contributed by atoms with van der Waals surface area (Å²) in [5, 5.41) is 80.7. The molecule has 0 aromatic heterocycles. The molecule has 20 unspecified atom stereocenters. The van der Waals surface area contributed by atoms with Gasteiger partial charge in [-0.25, -0.2) is 0 Å². The molecule has 2 aromatic carbocycles. The fourth-order valence-electron chi connectivity index (χ4n) is 13.7. The highest BCUT2D eigenvalue weighted by molar-refractivity contribution is 6.32. The highest BCUT2D eigenvalue weighted by Gasteiger charge is 2.55. The van der Waals surface area contributed by atoms with Gasteiger partial charge in [-0.2, -0.15) is 0 Å². The molecule has 10 rings (SSSR count). The van der Waals surface area contributed by atoms with E-state index in [4.69, 9.17) is 56.8 Å². The summed E-state index contributed by atoms with van der Waals surface area (Å²) >= 11 is 0. The number of benzene rings is 2. The number of ketones is 2. The van der Waals surface area contributed by atoms with E-state index in [1.54, 1.807) is 6.92 Å². The van der Waals surface area contributed by atoms with Crippen LogP contribution in [0.2, 0.25) is 0 Å². The van der Waals surface area contributed by atoms with E-state index < -0.39 is 149 Å². The SMILES string of the molecule is CC[C@@]1(O)C[C@H](OC2CC(N(C)C)C(OC3CCC(OC4CCC(O)C(C)O4)C(C)O3)C(C)O2)c2c(O)c3c(c(O)c2[C@H]1OC1CC(N(C)C)C(OC2CCC(OC4CCC(O)C(C)O4)C(C)O2)C(C)O1)C(=O)c1c(O)ccc(O)c1C3=O. The van der Waals surface area contributed by atoms with Crippen LogP contribution in [0.1, 0.15) is 181 Å². The van der Waals surface area contributed by atoms with Crippen molar-refractivity contribution in [1.29, 1.82) is 0 Å². The quantitative estimate of drug-likeness (QED) is 0.0933. The number of carbonyl (C=O) groups is 2. The average molecular weight is 1170 g/mol. The van der Waals surface area contributed by atoms with E-state index in [2.05, 4.69) is 0 Å². The van der Waals surface area contributed by atoms with Gasteiger partial charge in [0, 0.05) is 68.2 Å². The standard InChI is InChI=1S/C60H88N2O21/c1-12-60(71)25-40(80-45-23-32(61(8)9)57(30(6)76-45)81-43-21-17-38(28(4)74-43)78-41-19-15-34(63)26(2)72-41)49-52(56(70)51-50(55(49)69)53(67)47-36(65)13-14-37(66)48(47)54(51)68)59(60)83-46-24-33(62(10)11)58(31(7)77-46)82-44-22-18-39(29(5)75-44)79-42-20-16-35(64)27(3)73-42/h13-14,26-35,38-46,57-59,63-66,69-71H,12,15-25H2,1-11H3/t26?,27?,28?,29?,30?,31?,32?,33?,34?,35?,38?,39?,40-,41?,42?,43?,44?,45?,46?,57?,58?,59+,60+/m0/s1. The summed E-state index contributed by atoms with van der Waals surface area (Å²) in [4.78, 5) is 33.1. The van der Waals surface area contributed by atoms with Crippen molar-refractivity contribution in [2.75, 3.05) is 28.2 Å². The van der Waals surface area contributed by atoms with E-state index in [9.17, 15) is 45.3 Å². The molecule has 6 saturated heterocycles. The number of likely N-dealkylation sites (N-methyl/N-ethyl adjacent to an activating group) is 2. The third-order valence-electron chi connectivity index (χ3n) is 18.7. The Morgan fingerprint density at radius 2 is 0.880 bits per heavy atom. The highest BCUT2D eigenvalue weighted by Crippen LogP contribution is 2.59. The first-order chi connectivity index (χ1) is 39.4. The van der Waals surface area contributed by atoms with Crippen LogP contribution in [0, 0.1) is 0 Å². The molecule has 23 nitrogen and oxygen atoms in total. The largest absolute Gasteiger partial charge is 0.507 e. The maximum Gasteiger partial charge on any atom is 0.202 e. The van der Waals surface area contributed by atoms with Crippen molar-refractivity contribution in [3.63, 3.8) is 0 Å². The molecular formula is C60H88N2O21. The van der Waals surface area contributed by atoms with E-state index in [-0.39, 0.29) is 85.5 Å². The van der Waals surface area contributed by atoms with Crippen LogP contribution >= 0.6 is 0 Å². The Morgan fingerprint density at radius 1 is 0.494 bits per heavy atom. The number of hydrogen-bond donors (Lipinski definition) is 7. The second-order valence-electron chi connectivity index (χ2n) is 24.7. The Morgan fingerprint density at radius 3 is 1.29 bits per heavy atom. The first-order valence-electron chi connectivity index (χ1n) is 29.9. The summed E-state index contributed by atoms with van der Waals surface area (Å²) in [6.45, 7) is 12.9. The lowest BCUT2D eigenvalue weighted by Gasteiger charge is -2.50. The second-order valence-corrected chi connectivity index (χ2v) is 24.7. The minimum atomic E-state index is -1.90. The van der Waals surface area contributed by atoms with E-state index in [1.807, 2.05) is 79.5 Å². The van der Waals surface area contributed by atoms with Crippen molar-refractivity contribution in [3.8, 4) is 23.0 Å². The van der Waals surface area contributed by atoms with Gasteiger partial charge in [-0.15, -0.1) is 0 Å². The van der Waals surface area contributed by atoms with Gasteiger partial charge in [0.1, 0.15) is 41.3 Å². The molecule has 0 saturated carbocycles. The predicted octanol–water partition coefficient (Wildman–Crippen LogP) is 5.44. The summed E-state index contributed by atoms with van der Waals surface area (Å²) in [5.41, 5.74) is -4.66. The third-order valence-corrected chi connectivity index (χ3v) is 18.7. The molecule has 7 N–H and O–H groups in total. The molecule has 6 heterocycles. The molecule has 0 radical (unpaired) electrons. The Hall–Kier alpha value is -3.70. The van der Waals surface area contributed by atoms with Gasteiger partial charge in [0.25, 0.3) is 0 Å². The van der Waals surface area contributed by atoms with Crippen LogP contribution in [-0.2, 0) is 56.8 Å². The Balaban J connectivity index is 0.894. The number of hydrogen-bond acceptors (Lipinski definition) is 23. The zero-order valence-corrected chi connectivity index (χ0v) is 49.6. The molecule has 8 aliphatic rings. The highest BCUT2D eigenvalue weighted by atomic mass is 16.8. The number of nitrogens with zero attached hydrogens (tertiary/aromatic N) is 2. The Bertz CT molecular complexity index is 2640. The maximum atomic E-state index is 14.6. The van der Waals surface area contributed by atoms with Gasteiger partial charge >= 0.3 is 0 Å². The van der Waals surface area contributed by atoms with Crippen LogP contribution < -0.4 is 0 Å². The van der Waals surface area contributed by atoms with Crippen LogP contribution in [0.5, 0.6) is 23.0 Å². The molecule has 464 valence electrons. The Kier molecular flexibility index (Phi) is 18.9. The smallest absolute Gasteiger partial charge is 0.202 e. The third kappa shape index (κ3) is 12.5. The van der Waals surface area contributed by atoms with Gasteiger partial charge in [-0.3, -0.25) is 9.59 Å². The van der Waals surface area contributed by atoms with Crippen molar-refractivity contribution in [3.05, 3.63) is 45.5 Å². The zero-order valence-electron chi connectivity index (χ0n) is 49.6. The van der Waals surface area contributed by atoms with Crippen molar-refractivity contribution < 1.29 is 102 Å². The van der Waals surface area contributed by atoms with Gasteiger partial charge < -0.3 is 102 Å². The fraction of sp³-hybridized carbons (Fsp3) is 0.767. The number of phenolic OH excluding ortho intramolecular Hbond substituents is 4. The lowest BCUT2D eigenvalue weighted by Crippen LogP contribution is -2.57. The van der Waals surface area contributed by atoms with E-state index >= 15 is 0 Å². The minimum Gasteiger partial charge on any atom is -0.507 e. The second kappa shape index (κ2) is 25.2. The molecule has 0 bridgehead atoms. The normalized spacial score (nSPS) is 41.4. The topological polar surface area (TPSA) is 293 Å². The summed E-state index contributed by atoms with van der Waals surface area (Å²) < 4.78 is 77.7. The van der Waals surface area contributed by atoms with Crippen LogP contribution in [0.4, 0.5) is 0 Å². The van der Waals surface area contributed by atoms with Crippen molar-refractivity contribution >= 4 is 11.6 Å². The van der Waals surface area contributed by atoms with Gasteiger partial charge in [0.05, 0.1) is 95.0 Å². The zero-order chi connectivity index (χ0) is 59.7. The molecule has 2 aromatic rings. The number of phenols is 4. The number of fused-ring (bicyclic) bond motifs is 3. The molecule has 6 aliphatic heterocycles. The molecule has 6 fully saturated rings. The lowest BCUT2D eigenvalue weighted by atomic mass is 9.70. The molecule has 23 heteroatoms. The minimum absolute atomic E-state index is 0.000689. The van der Waals surface area contributed by atoms with Crippen molar-refractivity contribution in [2.24, 2.45) is 0 Å². The summed E-state index contributed by atoms with van der Waals surface area (Å²) in [7, 11) is 7.62. The Labute approximate surface area is 485 Å². The van der Waals surface area contributed by atoms with Gasteiger partial charge in [0.15, 0.2) is 37.7 Å². The van der Waals surface area contributed by atoms with Crippen molar-refractivity contribution in [2.45, 2.75) is 266 Å². The molecule has 0 spiro atoms. The van der Waals surface area contributed by atoms with Gasteiger partial charge in [-0.05, 0) is 114 Å². The molecule has 83 heavy (non-hydrogen) atoms. The molecule has 23 atom stereocenters. The van der Waals surface area contributed by atoms with E-state index in [0.29, 0.717) is 51.4 Å².